The molecule has 1 fully saturated rings. The lowest BCUT2D eigenvalue weighted by atomic mass is 9.95. The number of aryl methyl sites for hydroxylation is 1. The van der Waals surface area contributed by atoms with Crippen molar-refractivity contribution >= 4 is 60.2 Å². The van der Waals surface area contributed by atoms with Gasteiger partial charge >= 0.3 is 0 Å². The number of para-hydroxylation sites is 1. The highest BCUT2D eigenvalue weighted by Crippen LogP contribution is 2.32. The van der Waals surface area contributed by atoms with Gasteiger partial charge in [0, 0.05) is 39.8 Å². The van der Waals surface area contributed by atoms with Gasteiger partial charge in [-0.2, -0.15) is 0 Å². The van der Waals surface area contributed by atoms with Crippen LogP contribution in [-0.2, 0) is 17.8 Å². The number of aromatic nitrogens is 3. The number of aromatic amines is 1. The molecule has 0 radical (unpaired) electrons. The van der Waals surface area contributed by atoms with Crippen molar-refractivity contribution in [2.24, 2.45) is 0 Å². The third kappa shape index (κ3) is 4.55. The smallest absolute Gasteiger partial charge is 0.272 e. The lowest BCUT2D eigenvalue weighted by Crippen LogP contribution is -2.37. The van der Waals surface area contributed by atoms with Crippen molar-refractivity contribution in [3.63, 3.8) is 0 Å². The minimum Gasteiger partial charge on any atom is -0.361 e. The molecule has 1 saturated carbocycles. The fourth-order valence-electron chi connectivity index (χ4n) is 5.18. The summed E-state index contributed by atoms with van der Waals surface area (Å²) in [5.74, 6) is 0.267. The topological polar surface area (TPSA) is 79.8 Å². The second-order valence-corrected chi connectivity index (χ2v) is 11.4. The molecule has 3 aromatic heterocycles. The number of thioether (sulfide) groups is 1. The summed E-state index contributed by atoms with van der Waals surface area (Å²) in [5.41, 5.74) is 2.96. The van der Waals surface area contributed by atoms with Crippen LogP contribution in [-0.4, -0.2) is 32.2 Å². The van der Waals surface area contributed by atoms with Gasteiger partial charge in [-0.25, -0.2) is 4.98 Å². The highest BCUT2D eigenvalue weighted by atomic mass is 32.2. The van der Waals surface area contributed by atoms with Gasteiger partial charge in [0.15, 0.2) is 5.16 Å². The maximum Gasteiger partial charge on any atom is 0.272 e. The van der Waals surface area contributed by atoms with E-state index in [9.17, 15) is 9.59 Å². The Labute approximate surface area is 217 Å². The number of thiophene rings is 1. The molecule has 1 amide bonds. The van der Waals surface area contributed by atoms with Gasteiger partial charge in [-0.1, -0.05) is 67.4 Å². The van der Waals surface area contributed by atoms with Crippen LogP contribution in [0.5, 0.6) is 0 Å². The average Bonchev–Trinajstić information content (AvgIpc) is 3.49. The van der Waals surface area contributed by atoms with Crippen molar-refractivity contribution in [2.45, 2.75) is 56.3 Å². The summed E-state index contributed by atoms with van der Waals surface area (Å²) in [4.78, 5) is 34.7. The summed E-state index contributed by atoms with van der Waals surface area (Å²) in [6.07, 6.45) is 8.43. The number of nitrogens with zero attached hydrogens (tertiary/aromatic N) is 2. The molecule has 5 aromatic rings. The number of H-pyrrole nitrogens is 1. The Hall–Kier alpha value is -3.10. The molecule has 0 aliphatic heterocycles. The van der Waals surface area contributed by atoms with Gasteiger partial charge in [-0.05, 0) is 37.0 Å². The molecule has 1 aliphatic carbocycles. The molecule has 2 N–H and O–H groups in total. The molecule has 2 aromatic carbocycles. The molecule has 1 aliphatic rings. The number of carbonyl (C=O) groups is 1. The van der Waals surface area contributed by atoms with Crippen LogP contribution in [0.4, 0.5) is 0 Å². The van der Waals surface area contributed by atoms with E-state index in [4.69, 9.17) is 4.98 Å². The van der Waals surface area contributed by atoms with Gasteiger partial charge in [0.05, 0.1) is 11.3 Å². The Morgan fingerprint density at radius 2 is 1.86 bits per heavy atom. The van der Waals surface area contributed by atoms with Crippen LogP contribution in [0.1, 0.15) is 37.7 Å². The van der Waals surface area contributed by atoms with Gasteiger partial charge in [-0.15, -0.1) is 11.3 Å². The predicted molar refractivity (Wildman–Crippen MR) is 149 cm³/mol. The summed E-state index contributed by atoms with van der Waals surface area (Å²) >= 11 is 2.86. The highest BCUT2D eigenvalue weighted by molar-refractivity contribution is 7.99. The molecule has 6 nitrogen and oxygen atoms in total. The Bertz CT molecular complexity index is 1610. The fourth-order valence-corrected chi connectivity index (χ4v) is 7.10. The van der Waals surface area contributed by atoms with E-state index >= 15 is 0 Å². The van der Waals surface area contributed by atoms with E-state index in [1.54, 1.807) is 4.57 Å². The number of hydrogen-bond acceptors (Lipinski definition) is 5. The molecule has 6 rings (SSSR count). The Balaban J connectivity index is 1.31. The molecule has 0 saturated heterocycles. The normalized spacial score (nSPS) is 14.7. The number of benzene rings is 2. The first-order valence-corrected chi connectivity index (χ1v) is 14.4. The predicted octanol–water partition coefficient (Wildman–Crippen LogP) is 5.88. The lowest BCUT2D eigenvalue weighted by Gasteiger charge is -2.22. The molecule has 0 atom stereocenters. The largest absolute Gasteiger partial charge is 0.361 e. The molecular formula is C28H28N4O2S2. The Morgan fingerprint density at radius 3 is 2.72 bits per heavy atom. The van der Waals surface area contributed by atoms with E-state index in [1.165, 1.54) is 53.3 Å². The number of amides is 1. The molecule has 0 bridgehead atoms. The number of rotatable bonds is 7. The minimum absolute atomic E-state index is 0.0135. The standard InChI is InChI=1S/C28H28N4O2S2/c33-24(30-19-8-2-1-3-9-19)17-35-28-31-25-21-11-5-7-13-23(21)36-26(25)27(34)32(28)15-14-18-16-29-22-12-6-4-10-20(18)22/h4-7,10-13,16,19,29H,1-3,8-9,14-15,17H2,(H,30,33). The first-order chi connectivity index (χ1) is 17.7. The quantitative estimate of drug-likeness (QED) is 0.209. The second kappa shape index (κ2) is 10.1. The van der Waals surface area contributed by atoms with Crippen LogP contribution in [0.15, 0.2) is 64.7 Å². The Kier molecular flexibility index (Phi) is 6.54. The molecule has 0 spiro atoms. The Morgan fingerprint density at radius 1 is 1.08 bits per heavy atom. The van der Waals surface area contributed by atoms with Crippen LogP contribution < -0.4 is 10.9 Å². The number of nitrogens with one attached hydrogen (secondary N) is 2. The first-order valence-electron chi connectivity index (χ1n) is 12.6. The zero-order valence-electron chi connectivity index (χ0n) is 20.0. The summed E-state index contributed by atoms with van der Waals surface area (Å²) < 4.78 is 3.49. The maximum absolute atomic E-state index is 13.7. The molecule has 3 heterocycles. The molecule has 184 valence electrons. The molecule has 8 heteroatoms. The van der Waals surface area contributed by atoms with Crippen LogP contribution >= 0.6 is 23.1 Å². The van der Waals surface area contributed by atoms with Crippen molar-refractivity contribution in [3.05, 3.63) is 70.6 Å². The van der Waals surface area contributed by atoms with E-state index < -0.39 is 0 Å². The van der Waals surface area contributed by atoms with Gasteiger partial charge in [0.1, 0.15) is 4.70 Å². The van der Waals surface area contributed by atoms with Gasteiger partial charge in [-0.3, -0.25) is 14.2 Å². The maximum atomic E-state index is 13.7. The summed E-state index contributed by atoms with van der Waals surface area (Å²) in [5, 5.41) is 5.95. The monoisotopic (exact) mass is 516 g/mol. The number of carbonyl (C=O) groups excluding carboxylic acids is 1. The van der Waals surface area contributed by atoms with Crippen LogP contribution in [0.3, 0.4) is 0 Å². The van der Waals surface area contributed by atoms with Crippen molar-refractivity contribution in [2.75, 3.05) is 5.75 Å². The zero-order valence-corrected chi connectivity index (χ0v) is 21.6. The third-order valence-electron chi connectivity index (χ3n) is 7.03. The van der Waals surface area contributed by atoms with Gasteiger partial charge < -0.3 is 10.3 Å². The molecular weight excluding hydrogens is 488 g/mol. The van der Waals surface area contributed by atoms with E-state index in [0.717, 1.165) is 34.0 Å². The fraction of sp³-hybridized carbons (Fsp3) is 0.321. The van der Waals surface area contributed by atoms with E-state index in [-0.39, 0.29) is 23.3 Å². The highest BCUT2D eigenvalue weighted by Gasteiger charge is 2.19. The zero-order chi connectivity index (χ0) is 24.5. The van der Waals surface area contributed by atoms with Crippen LogP contribution in [0, 0.1) is 0 Å². The van der Waals surface area contributed by atoms with Gasteiger partial charge in [0.25, 0.3) is 5.56 Å². The average molecular weight is 517 g/mol. The number of fused-ring (bicyclic) bond motifs is 4. The summed E-state index contributed by atoms with van der Waals surface area (Å²) in [6.45, 7) is 0.504. The van der Waals surface area contributed by atoms with Crippen molar-refractivity contribution in [1.29, 1.82) is 0 Å². The van der Waals surface area contributed by atoms with Crippen molar-refractivity contribution in [3.8, 4) is 0 Å². The lowest BCUT2D eigenvalue weighted by molar-refractivity contribution is -0.119. The van der Waals surface area contributed by atoms with Crippen molar-refractivity contribution in [1.82, 2.24) is 19.9 Å². The second-order valence-electron chi connectivity index (χ2n) is 9.43. The van der Waals surface area contributed by atoms with Crippen LogP contribution in [0.2, 0.25) is 0 Å². The summed E-state index contributed by atoms with van der Waals surface area (Å²) in [7, 11) is 0. The SMILES string of the molecule is O=C(CSc1nc2c(sc3ccccc32)c(=O)n1CCc1c[nH]c2ccccc12)NC1CCCCC1. The number of hydrogen-bond donors (Lipinski definition) is 2. The van der Waals surface area contributed by atoms with Gasteiger partial charge in [0.2, 0.25) is 5.91 Å². The molecule has 0 unspecified atom stereocenters. The first kappa shape index (κ1) is 23.3. The van der Waals surface area contributed by atoms with Crippen LogP contribution in [0.25, 0.3) is 31.2 Å². The van der Waals surface area contributed by atoms with E-state index in [1.807, 2.05) is 42.6 Å². The minimum atomic E-state index is -0.0313. The van der Waals surface area contributed by atoms with E-state index in [0.29, 0.717) is 22.8 Å². The summed E-state index contributed by atoms with van der Waals surface area (Å²) in [6, 6.07) is 16.5. The van der Waals surface area contributed by atoms with Crippen molar-refractivity contribution < 1.29 is 4.79 Å². The van der Waals surface area contributed by atoms with E-state index in [2.05, 4.69) is 22.4 Å². The third-order valence-corrected chi connectivity index (χ3v) is 9.15. The molecule has 36 heavy (non-hydrogen) atoms.